The lowest BCUT2D eigenvalue weighted by atomic mass is 9.80. The molecule has 6 heterocycles. The van der Waals surface area contributed by atoms with E-state index in [4.69, 9.17) is 18.9 Å². The van der Waals surface area contributed by atoms with E-state index in [0.717, 1.165) is 63.3 Å². The molecular formula is C38H45N4O8S+. The Balaban J connectivity index is 1.33. The van der Waals surface area contributed by atoms with Gasteiger partial charge in [-0.1, -0.05) is 18.2 Å². The molecule has 0 spiro atoms. The fourth-order valence-corrected chi connectivity index (χ4v) is 11.2. The highest BCUT2D eigenvalue weighted by Crippen LogP contribution is 2.64. The van der Waals surface area contributed by atoms with Crippen LogP contribution in [0.25, 0.3) is 0 Å². The van der Waals surface area contributed by atoms with Crippen molar-refractivity contribution in [1.29, 1.82) is 0 Å². The number of phenolic OH excluding ortho intramolecular Hbond substituents is 1. The van der Waals surface area contributed by atoms with Crippen LogP contribution in [0.2, 0.25) is 0 Å². The predicted molar refractivity (Wildman–Crippen MR) is 191 cm³/mol. The number of phenols is 1. The number of carbonyl (C=O) groups is 2. The zero-order chi connectivity index (χ0) is 35.9. The summed E-state index contributed by atoms with van der Waals surface area (Å²) in [5.74, 6) is 2.46. The van der Waals surface area contributed by atoms with Crippen molar-refractivity contribution >= 4 is 29.3 Å². The summed E-state index contributed by atoms with van der Waals surface area (Å²) >= 11 is 1.86. The molecule has 3 N–H and O–H groups in total. The number of carbonyl (C=O) groups excluding carboxylic acids is 2. The van der Waals surface area contributed by atoms with Gasteiger partial charge >= 0.3 is 5.97 Å². The Morgan fingerprint density at radius 1 is 1.10 bits per heavy atom. The molecule has 6 aliphatic rings. The molecule has 0 saturated carbocycles. The Morgan fingerprint density at radius 2 is 1.86 bits per heavy atom. The highest BCUT2D eigenvalue weighted by Gasteiger charge is 2.58. The van der Waals surface area contributed by atoms with Crippen LogP contribution in [0.15, 0.2) is 30.3 Å². The molecule has 3 aromatic carbocycles. The van der Waals surface area contributed by atoms with Crippen molar-refractivity contribution in [1.82, 2.24) is 9.80 Å². The minimum absolute atomic E-state index is 0.0942. The second kappa shape index (κ2) is 12.6. The van der Waals surface area contributed by atoms with Crippen molar-refractivity contribution in [2.45, 2.75) is 56.6 Å². The summed E-state index contributed by atoms with van der Waals surface area (Å²) in [6.07, 6.45) is 0.826. The van der Waals surface area contributed by atoms with Gasteiger partial charge in [0.1, 0.15) is 18.4 Å². The number of likely N-dealkylation sites (N-methyl/N-ethyl adjacent to an activating group) is 2. The summed E-state index contributed by atoms with van der Waals surface area (Å²) in [6.45, 7) is 7.11. The van der Waals surface area contributed by atoms with E-state index in [9.17, 15) is 19.8 Å². The maximum Gasteiger partial charge on any atom is 0.308 e. The summed E-state index contributed by atoms with van der Waals surface area (Å²) in [7, 11) is 6.04. The van der Waals surface area contributed by atoms with Gasteiger partial charge in [0.2, 0.25) is 12.7 Å². The van der Waals surface area contributed by atoms with E-state index in [1.807, 2.05) is 49.9 Å². The lowest BCUT2D eigenvalue weighted by Crippen LogP contribution is -2.56. The summed E-state index contributed by atoms with van der Waals surface area (Å²) < 4.78 is 25.0. The predicted octanol–water partition coefficient (Wildman–Crippen LogP) is 4.50. The second-order valence-electron chi connectivity index (χ2n) is 14.7. The average Bonchev–Trinajstić information content (AvgIpc) is 3.73. The number of methoxy groups -OCH3 is 1. The number of fused-ring (bicyclic) bond motifs is 3. The third-order valence-corrected chi connectivity index (χ3v) is 13.1. The van der Waals surface area contributed by atoms with Crippen LogP contribution in [-0.4, -0.2) is 103 Å². The molecule has 3 aromatic rings. The maximum atomic E-state index is 12.8. The van der Waals surface area contributed by atoms with Crippen LogP contribution in [0.5, 0.6) is 28.7 Å². The molecule has 0 radical (unpaired) electrons. The van der Waals surface area contributed by atoms with Crippen molar-refractivity contribution in [3.8, 4) is 28.7 Å². The van der Waals surface area contributed by atoms with E-state index in [0.29, 0.717) is 29.6 Å². The third kappa shape index (κ3) is 5.27. The molecule has 2 saturated heterocycles. The number of nitrogens with one attached hydrogen (secondary N) is 1. The average molecular weight is 718 g/mol. The van der Waals surface area contributed by atoms with Crippen LogP contribution in [0, 0.1) is 13.8 Å². The van der Waals surface area contributed by atoms with E-state index < -0.39 is 18.5 Å². The molecule has 1 amide bonds. The quantitative estimate of drug-likeness (QED) is 0.196. The number of aryl methyl sites for hydroxylation is 1. The van der Waals surface area contributed by atoms with Gasteiger partial charge < -0.3 is 39.0 Å². The molecule has 6 aliphatic heterocycles. The van der Waals surface area contributed by atoms with Crippen LogP contribution < -0.4 is 24.3 Å². The number of benzene rings is 3. The van der Waals surface area contributed by atoms with Crippen LogP contribution >= 0.6 is 11.8 Å². The van der Waals surface area contributed by atoms with Gasteiger partial charge in [0.05, 0.1) is 57.0 Å². The first-order valence-electron chi connectivity index (χ1n) is 17.4. The first-order valence-corrected chi connectivity index (χ1v) is 18.5. The number of quaternary nitrogens is 1. The van der Waals surface area contributed by atoms with Crippen molar-refractivity contribution in [2.24, 2.45) is 0 Å². The Labute approximate surface area is 301 Å². The molecule has 2 bridgehead atoms. The molecule has 6 unspecified atom stereocenters. The van der Waals surface area contributed by atoms with E-state index in [-0.39, 0.29) is 42.0 Å². The van der Waals surface area contributed by atoms with Crippen molar-refractivity contribution < 1.29 is 43.2 Å². The van der Waals surface area contributed by atoms with Gasteiger partial charge in [-0.3, -0.25) is 19.4 Å². The minimum Gasteiger partial charge on any atom is -0.504 e. The lowest BCUT2D eigenvalue weighted by molar-refractivity contribution is -0.941. The zero-order valence-electron chi connectivity index (χ0n) is 29.8. The molecular weight excluding hydrogens is 673 g/mol. The Bertz CT molecular complexity index is 1960. The lowest BCUT2D eigenvalue weighted by Gasteiger charge is -2.49. The number of aliphatic hydroxyl groups excluding tert-OH is 1. The number of aliphatic hydroxyl groups is 1. The number of thioether (sulfide) groups is 1. The number of rotatable bonds is 5. The second-order valence-corrected chi connectivity index (χ2v) is 15.9. The fourth-order valence-electron chi connectivity index (χ4n) is 9.41. The summed E-state index contributed by atoms with van der Waals surface area (Å²) in [4.78, 5) is 29.7. The molecule has 0 aliphatic carbocycles. The number of anilines is 1. The number of hydrogen-bond donors (Lipinski definition) is 3. The fraction of sp³-hybridized carbons (Fsp3) is 0.474. The smallest absolute Gasteiger partial charge is 0.308 e. The standard InChI is InChI=1S/C38H44N4O8S/c1-19-7-9-25(33(46)34(19)47-6)31-32-38-30-29(37-36(48-18-49-37)20(2)35(30)50-21(3)44)26(41(32)17-40(31)4)14-42(5)12-11-22-13-23(39-28(45)15-43)8-10-24(22)27(42)16-51-38/h7-10,13,26-27,31-32,38,43H,11-12,14-18H2,1-6H3,(H-,39,45,46)/p+1. The normalized spacial score (nSPS) is 27.7. The molecule has 51 heavy (non-hydrogen) atoms. The number of amides is 1. The summed E-state index contributed by atoms with van der Waals surface area (Å²) in [5, 5.41) is 23.7. The minimum atomic E-state index is -0.567. The largest absolute Gasteiger partial charge is 0.504 e. The van der Waals surface area contributed by atoms with Crippen LogP contribution in [0.1, 0.15) is 69.2 Å². The number of aromatic hydroxyl groups is 1. The third-order valence-electron chi connectivity index (χ3n) is 11.7. The van der Waals surface area contributed by atoms with E-state index >= 15 is 0 Å². The van der Waals surface area contributed by atoms with Gasteiger partial charge in [-0.05, 0) is 44.2 Å². The van der Waals surface area contributed by atoms with Gasteiger partial charge in [0, 0.05) is 52.9 Å². The van der Waals surface area contributed by atoms with Gasteiger partial charge in [-0.2, -0.15) is 0 Å². The molecule has 13 heteroatoms. The highest BCUT2D eigenvalue weighted by molar-refractivity contribution is 7.99. The number of esters is 1. The van der Waals surface area contributed by atoms with Crippen LogP contribution in [0.4, 0.5) is 5.69 Å². The Kier molecular flexibility index (Phi) is 8.42. The van der Waals surface area contributed by atoms with Crippen LogP contribution in [0.3, 0.4) is 0 Å². The SMILES string of the molecule is COc1c(C)ccc(C2C3C4SCC5c6ccc(NC(=O)CO)cc6CC[N+]5(C)CC(c5c6c(c(C)c(OC(C)=O)c54)OCO6)N3CN2C)c1O. The monoisotopic (exact) mass is 717 g/mol. The number of nitrogens with zero attached hydrogens (tertiary/aromatic N) is 3. The number of hydrogen-bond acceptors (Lipinski definition) is 11. The molecule has 9 rings (SSSR count). The van der Waals surface area contributed by atoms with Gasteiger partial charge in [0.25, 0.3) is 0 Å². The Morgan fingerprint density at radius 3 is 2.61 bits per heavy atom. The van der Waals surface area contributed by atoms with Crippen LogP contribution in [-0.2, 0) is 16.0 Å². The van der Waals surface area contributed by atoms with Gasteiger partial charge in [-0.15, -0.1) is 11.8 Å². The topological polar surface area (TPSA) is 130 Å². The zero-order valence-corrected chi connectivity index (χ0v) is 30.6. The van der Waals surface area contributed by atoms with Crippen molar-refractivity contribution in [3.05, 3.63) is 69.3 Å². The molecule has 6 atom stereocenters. The summed E-state index contributed by atoms with van der Waals surface area (Å²) in [5.41, 5.74) is 7.52. The molecule has 12 nitrogen and oxygen atoms in total. The maximum absolute atomic E-state index is 12.8. The van der Waals surface area contributed by atoms with E-state index in [1.165, 1.54) is 18.1 Å². The highest BCUT2D eigenvalue weighted by atomic mass is 32.2. The first-order chi connectivity index (χ1) is 24.4. The van der Waals surface area contributed by atoms with Gasteiger partial charge in [-0.25, -0.2) is 0 Å². The molecule has 0 aromatic heterocycles. The van der Waals surface area contributed by atoms with Crippen molar-refractivity contribution in [2.75, 3.05) is 65.4 Å². The van der Waals surface area contributed by atoms with E-state index in [2.05, 4.69) is 35.3 Å². The van der Waals surface area contributed by atoms with Gasteiger partial charge in [0.15, 0.2) is 23.0 Å². The number of ether oxygens (including phenoxy) is 4. The Hall–Kier alpha value is -4.01. The molecule has 270 valence electrons. The van der Waals surface area contributed by atoms with Crippen molar-refractivity contribution in [3.63, 3.8) is 0 Å². The summed E-state index contributed by atoms with van der Waals surface area (Å²) in [6, 6.07) is 9.82. The molecule has 2 fully saturated rings. The first kappa shape index (κ1) is 34.1. The van der Waals surface area contributed by atoms with E-state index in [1.54, 1.807) is 7.11 Å².